The van der Waals surface area contributed by atoms with Gasteiger partial charge < -0.3 is 20.3 Å². The molecule has 0 atom stereocenters. The Balaban J connectivity index is 1.20. The van der Waals surface area contributed by atoms with Crippen LogP contribution in [0.3, 0.4) is 0 Å². The van der Waals surface area contributed by atoms with Crippen molar-refractivity contribution in [2.24, 2.45) is 0 Å². The van der Waals surface area contributed by atoms with Gasteiger partial charge in [0, 0.05) is 54.6 Å². The van der Waals surface area contributed by atoms with Crippen molar-refractivity contribution in [2.45, 2.75) is 77.0 Å². The van der Waals surface area contributed by atoms with Crippen LogP contribution in [0, 0.1) is 0 Å². The van der Waals surface area contributed by atoms with Crippen LogP contribution in [-0.2, 0) is 20.9 Å². The quantitative estimate of drug-likeness (QED) is 0.283. The topological polar surface area (TPSA) is 156 Å². The first-order valence-electron chi connectivity index (χ1n) is 14.4. The van der Waals surface area contributed by atoms with E-state index in [4.69, 9.17) is 19.7 Å². The van der Waals surface area contributed by atoms with Gasteiger partial charge in [-0.15, -0.1) is 0 Å². The second-order valence-electron chi connectivity index (χ2n) is 12.0. The molecule has 3 aliphatic rings. The number of amides is 3. The fourth-order valence-electron chi connectivity index (χ4n) is 5.19. The number of ether oxygens (including phenoxy) is 1. The smallest absolute Gasteiger partial charge is 0.410 e. The van der Waals surface area contributed by atoms with Crippen LogP contribution in [0.1, 0.15) is 75.6 Å². The third-order valence-corrected chi connectivity index (χ3v) is 7.43. The van der Waals surface area contributed by atoms with E-state index >= 15 is 0 Å². The molecular formula is C29H35N9O4. The number of hydrogen-bond acceptors (Lipinski definition) is 10. The number of nitrogens with zero attached hydrogens (tertiary/aromatic N) is 6. The summed E-state index contributed by atoms with van der Waals surface area (Å²) >= 11 is 0. The fraction of sp³-hybridized carbons (Fsp3) is 0.483. The van der Waals surface area contributed by atoms with Gasteiger partial charge in [-0.3, -0.25) is 19.9 Å². The molecule has 3 aromatic rings. The van der Waals surface area contributed by atoms with Gasteiger partial charge in [-0.2, -0.15) is 19.6 Å². The summed E-state index contributed by atoms with van der Waals surface area (Å²) < 4.78 is 7.17. The Bertz CT molecular complexity index is 1560. The minimum absolute atomic E-state index is 0.0278. The molecule has 3 aromatic heterocycles. The number of imide groups is 1. The van der Waals surface area contributed by atoms with E-state index in [0.29, 0.717) is 54.4 Å². The zero-order valence-electron chi connectivity index (χ0n) is 24.0. The van der Waals surface area contributed by atoms with Crippen molar-refractivity contribution < 1.29 is 19.1 Å². The number of nitrogens with one attached hydrogen (secondary N) is 3. The molecule has 0 aromatic carbocycles. The first-order valence-corrected chi connectivity index (χ1v) is 14.4. The zero-order chi connectivity index (χ0) is 29.4. The third-order valence-electron chi connectivity index (χ3n) is 7.43. The molecule has 0 bridgehead atoms. The zero-order valence-corrected chi connectivity index (χ0v) is 24.0. The molecule has 3 N–H and O–H groups in total. The lowest BCUT2D eigenvalue weighted by Gasteiger charge is -2.33. The van der Waals surface area contributed by atoms with Crippen LogP contribution in [0.2, 0.25) is 0 Å². The predicted octanol–water partition coefficient (Wildman–Crippen LogP) is 3.25. The normalized spacial score (nSPS) is 18.9. The molecule has 6 rings (SSSR count). The van der Waals surface area contributed by atoms with E-state index in [0.717, 1.165) is 36.9 Å². The highest BCUT2D eigenvalue weighted by atomic mass is 16.6. The van der Waals surface area contributed by atoms with Crippen molar-refractivity contribution in [1.29, 1.82) is 0 Å². The maximum absolute atomic E-state index is 12.5. The lowest BCUT2D eigenvalue weighted by molar-refractivity contribution is -0.124. The van der Waals surface area contributed by atoms with E-state index < -0.39 is 11.5 Å². The van der Waals surface area contributed by atoms with Crippen molar-refractivity contribution in [3.8, 4) is 0 Å². The first-order chi connectivity index (χ1) is 20.1. The number of likely N-dealkylation sites (tertiary alicyclic amines) is 1. The summed E-state index contributed by atoms with van der Waals surface area (Å²) in [5, 5.41) is 13.5. The minimum Gasteiger partial charge on any atom is -0.444 e. The van der Waals surface area contributed by atoms with E-state index in [2.05, 4.69) is 21.0 Å². The van der Waals surface area contributed by atoms with Gasteiger partial charge in [0.1, 0.15) is 5.60 Å². The molecule has 1 aliphatic carbocycles. The average molecular weight is 574 g/mol. The van der Waals surface area contributed by atoms with Gasteiger partial charge in [0.2, 0.25) is 17.8 Å². The summed E-state index contributed by atoms with van der Waals surface area (Å²) in [6, 6.07) is 4.29. The van der Waals surface area contributed by atoms with Gasteiger partial charge in [-0.1, -0.05) is 6.07 Å². The summed E-state index contributed by atoms with van der Waals surface area (Å²) in [6.45, 7) is 7.30. The average Bonchev–Trinajstić information content (AvgIpc) is 3.59. The lowest BCUT2D eigenvalue weighted by Crippen LogP contribution is -2.41. The van der Waals surface area contributed by atoms with Crippen LogP contribution >= 0.6 is 0 Å². The number of carbonyl (C=O) groups is 3. The summed E-state index contributed by atoms with van der Waals surface area (Å²) in [5.74, 6) is 0.461. The third kappa shape index (κ3) is 6.19. The van der Waals surface area contributed by atoms with E-state index in [1.54, 1.807) is 27.9 Å². The molecule has 13 heteroatoms. The first kappa shape index (κ1) is 27.6. The summed E-state index contributed by atoms with van der Waals surface area (Å²) in [5.41, 5.74) is 3.03. The molecule has 2 saturated heterocycles. The van der Waals surface area contributed by atoms with Gasteiger partial charge in [0.25, 0.3) is 5.91 Å². The molecule has 42 heavy (non-hydrogen) atoms. The second-order valence-corrected chi connectivity index (χ2v) is 12.0. The molecule has 1 saturated carbocycles. The molecule has 3 amide bonds. The molecule has 2 aliphatic heterocycles. The Morgan fingerprint density at radius 2 is 1.95 bits per heavy atom. The van der Waals surface area contributed by atoms with E-state index in [-0.39, 0.29) is 24.3 Å². The molecule has 13 nitrogen and oxygen atoms in total. The molecule has 5 heterocycles. The standard InChI is InChI=1S/C29H35N9O4/c1-29(2,3)42-28(41)37-11-8-17(9-12-37)23-18(5-4-10-30-23)15-31-26-35-24-20(13-19-14-22(39)34-25(19)40)16-32-38(24)27(36-26)33-21-6-7-21/h4-5,10,13,16-17,21H,6-9,11-12,14-15H2,1-3H3,(H,34,39,40)(H2,31,33,35,36)/b19-13+. The Morgan fingerprint density at radius 1 is 1.17 bits per heavy atom. The highest BCUT2D eigenvalue weighted by Crippen LogP contribution is 2.31. The van der Waals surface area contributed by atoms with Crippen molar-refractivity contribution >= 4 is 41.5 Å². The summed E-state index contributed by atoms with van der Waals surface area (Å²) in [7, 11) is 0. The van der Waals surface area contributed by atoms with Crippen LogP contribution in [0.25, 0.3) is 11.7 Å². The SMILES string of the molecule is CC(C)(C)OC(=O)N1CCC(c2ncccc2CNc2nc(NC3CC3)n3ncc(/C=C4\CC(=O)NC4=O)c3n2)CC1. The molecule has 3 fully saturated rings. The number of rotatable bonds is 7. The molecular weight excluding hydrogens is 538 g/mol. The van der Waals surface area contributed by atoms with E-state index in [1.165, 1.54) is 0 Å². The number of anilines is 2. The highest BCUT2D eigenvalue weighted by molar-refractivity contribution is 6.15. The lowest BCUT2D eigenvalue weighted by atomic mass is 9.90. The van der Waals surface area contributed by atoms with Gasteiger partial charge in [0.05, 0.1) is 12.6 Å². The Labute approximate surface area is 243 Å². The van der Waals surface area contributed by atoms with Gasteiger partial charge >= 0.3 is 6.09 Å². The van der Waals surface area contributed by atoms with Crippen molar-refractivity contribution in [3.05, 3.63) is 46.9 Å². The van der Waals surface area contributed by atoms with Gasteiger partial charge in [-0.25, -0.2) is 4.79 Å². The molecule has 0 spiro atoms. The van der Waals surface area contributed by atoms with Crippen LogP contribution < -0.4 is 16.0 Å². The summed E-state index contributed by atoms with van der Waals surface area (Å²) in [6.07, 6.45) is 8.54. The maximum atomic E-state index is 12.5. The Kier molecular flexibility index (Phi) is 7.25. The number of carbonyl (C=O) groups excluding carboxylic acids is 3. The van der Waals surface area contributed by atoms with Gasteiger partial charge in [0.15, 0.2) is 5.65 Å². The second kappa shape index (κ2) is 11.0. The van der Waals surface area contributed by atoms with Crippen LogP contribution in [0.4, 0.5) is 16.7 Å². The highest BCUT2D eigenvalue weighted by Gasteiger charge is 2.30. The maximum Gasteiger partial charge on any atom is 0.410 e. The largest absolute Gasteiger partial charge is 0.444 e. The van der Waals surface area contributed by atoms with Gasteiger partial charge in [-0.05, 0) is 64.2 Å². The van der Waals surface area contributed by atoms with Crippen molar-refractivity contribution in [3.63, 3.8) is 0 Å². The summed E-state index contributed by atoms with van der Waals surface area (Å²) in [4.78, 5) is 52.3. The number of pyridine rings is 1. The van der Waals surface area contributed by atoms with Crippen LogP contribution in [0.15, 0.2) is 30.1 Å². The number of aromatic nitrogens is 5. The molecule has 0 radical (unpaired) electrons. The monoisotopic (exact) mass is 573 g/mol. The Hall–Kier alpha value is -4.55. The fourth-order valence-corrected chi connectivity index (χ4v) is 5.19. The minimum atomic E-state index is -0.522. The number of fused-ring (bicyclic) bond motifs is 1. The predicted molar refractivity (Wildman–Crippen MR) is 155 cm³/mol. The van der Waals surface area contributed by atoms with E-state index in [1.807, 2.05) is 32.9 Å². The van der Waals surface area contributed by atoms with Crippen LogP contribution in [-0.4, -0.2) is 72.1 Å². The number of hydrogen-bond donors (Lipinski definition) is 3. The van der Waals surface area contributed by atoms with Crippen molar-refractivity contribution in [1.82, 2.24) is 34.8 Å². The molecule has 220 valence electrons. The van der Waals surface area contributed by atoms with Crippen molar-refractivity contribution in [2.75, 3.05) is 23.7 Å². The Morgan fingerprint density at radius 3 is 2.64 bits per heavy atom. The van der Waals surface area contributed by atoms with E-state index in [9.17, 15) is 14.4 Å². The molecule has 0 unspecified atom stereocenters. The number of piperidine rings is 1. The van der Waals surface area contributed by atoms with Crippen LogP contribution in [0.5, 0.6) is 0 Å².